The number of rotatable bonds is 8. The van der Waals surface area contributed by atoms with Gasteiger partial charge in [0.15, 0.2) is 0 Å². The maximum absolute atomic E-state index is 13.2. The van der Waals surface area contributed by atoms with E-state index in [0.29, 0.717) is 31.0 Å². The van der Waals surface area contributed by atoms with Gasteiger partial charge in [-0.15, -0.1) is 0 Å². The van der Waals surface area contributed by atoms with Gasteiger partial charge in [-0.3, -0.25) is 0 Å². The van der Waals surface area contributed by atoms with Gasteiger partial charge in [0.1, 0.15) is 5.82 Å². The summed E-state index contributed by atoms with van der Waals surface area (Å²) in [5.74, 6) is -0.258. The van der Waals surface area contributed by atoms with Crippen LogP contribution in [0.2, 0.25) is 0 Å². The number of halogens is 1. The molecule has 1 rings (SSSR count). The maximum Gasteiger partial charge on any atom is 0.128 e. The summed E-state index contributed by atoms with van der Waals surface area (Å²) in [6.07, 6.45) is -0.633. The van der Waals surface area contributed by atoms with Crippen LogP contribution in [0.3, 0.4) is 0 Å². The first-order valence-corrected chi connectivity index (χ1v) is 5.88. The zero-order chi connectivity index (χ0) is 13.4. The van der Waals surface area contributed by atoms with Crippen LogP contribution < -0.4 is 5.32 Å². The standard InChI is InChI=1S/C13H20FNO3/c1-10-3-4-11(7-13(10)14)15-8-12(16)9-18-6-5-17-2/h3-4,7,12,15-16H,5-6,8-9H2,1-2H3. The summed E-state index contributed by atoms with van der Waals surface area (Å²) >= 11 is 0. The second kappa shape index (κ2) is 8.02. The van der Waals surface area contributed by atoms with Gasteiger partial charge in [0.05, 0.1) is 25.9 Å². The lowest BCUT2D eigenvalue weighted by Crippen LogP contribution is -2.25. The SMILES string of the molecule is COCCOCC(O)CNc1ccc(C)c(F)c1. The normalized spacial score (nSPS) is 12.4. The molecule has 1 atom stereocenters. The summed E-state index contributed by atoms with van der Waals surface area (Å²) in [6, 6.07) is 4.88. The van der Waals surface area contributed by atoms with Crippen LogP contribution in [0.15, 0.2) is 18.2 Å². The maximum atomic E-state index is 13.2. The molecule has 0 radical (unpaired) electrons. The highest BCUT2D eigenvalue weighted by Crippen LogP contribution is 2.13. The molecule has 0 aromatic heterocycles. The zero-order valence-corrected chi connectivity index (χ0v) is 10.8. The molecular weight excluding hydrogens is 237 g/mol. The number of hydrogen-bond donors (Lipinski definition) is 2. The quantitative estimate of drug-likeness (QED) is 0.694. The van der Waals surface area contributed by atoms with Crippen molar-refractivity contribution in [1.29, 1.82) is 0 Å². The van der Waals surface area contributed by atoms with E-state index in [1.165, 1.54) is 6.07 Å². The van der Waals surface area contributed by atoms with E-state index in [1.807, 2.05) is 0 Å². The fraction of sp³-hybridized carbons (Fsp3) is 0.538. The molecule has 18 heavy (non-hydrogen) atoms. The number of aliphatic hydroxyl groups is 1. The van der Waals surface area contributed by atoms with Gasteiger partial charge in [-0.05, 0) is 24.6 Å². The molecule has 0 saturated carbocycles. The van der Waals surface area contributed by atoms with Crippen LogP contribution in [0.25, 0.3) is 0 Å². The average molecular weight is 257 g/mol. The van der Waals surface area contributed by atoms with Crippen LogP contribution in [0.4, 0.5) is 10.1 Å². The molecular formula is C13H20FNO3. The lowest BCUT2D eigenvalue weighted by Gasteiger charge is -2.13. The van der Waals surface area contributed by atoms with E-state index in [1.54, 1.807) is 26.2 Å². The predicted octanol–water partition coefficient (Wildman–Crippen LogP) is 1.57. The molecule has 5 heteroatoms. The van der Waals surface area contributed by atoms with Crippen molar-refractivity contribution in [2.45, 2.75) is 13.0 Å². The predicted molar refractivity (Wildman–Crippen MR) is 68.3 cm³/mol. The number of anilines is 1. The molecule has 0 amide bonds. The van der Waals surface area contributed by atoms with Gasteiger partial charge in [-0.1, -0.05) is 6.07 Å². The van der Waals surface area contributed by atoms with Crippen molar-refractivity contribution >= 4 is 5.69 Å². The van der Waals surface area contributed by atoms with Gasteiger partial charge in [-0.25, -0.2) is 4.39 Å². The molecule has 0 bridgehead atoms. The summed E-state index contributed by atoms with van der Waals surface area (Å²) < 4.78 is 23.2. The van der Waals surface area contributed by atoms with Crippen molar-refractivity contribution < 1.29 is 19.0 Å². The Balaban J connectivity index is 2.24. The molecule has 1 aromatic carbocycles. The van der Waals surface area contributed by atoms with Crippen molar-refractivity contribution in [2.24, 2.45) is 0 Å². The van der Waals surface area contributed by atoms with Gasteiger partial charge >= 0.3 is 0 Å². The van der Waals surface area contributed by atoms with Crippen molar-refractivity contribution in [3.05, 3.63) is 29.6 Å². The third kappa shape index (κ3) is 5.44. The summed E-state index contributed by atoms with van der Waals surface area (Å²) in [5.41, 5.74) is 1.25. The minimum Gasteiger partial charge on any atom is -0.389 e. The molecule has 0 spiro atoms. The van der Waals surface area contributed by atoms with Gasteiger partial charge in [0.2, 0.25) is 0 Å². The van der Waals surface area contributed by atoms with Crippen LogP contribution in [0.5, 0.6) is 0 Å². The molecule has 0 saturated heterocycles. The van der Waals surface area contributed by atoms with E-state index in [2.05, 4.69) is 5.32 Å². The number of ether oxygens (including phenoxy) is 2. The molecule has 2 N–H and O–H groups in total. The highest BCUT2D eigenvalue weighted by molar-refractivity contribution is 5.45. The first kappa shape index (κ1) is 14.9. The lowest BCUT2D eigenvalue weighted by molar-refractivity contribution is 0.0182. The largest absolute Gasteiger partial charge is 0.389 e. The third-order valence-electron chi connectivity index (χ3n) is 2.46. The lowest BCUT2D eigenvalue weighted by atomic mass is 10.2. The van der Waals surface area contributed by atoms with E-state index < -0.39 is 6.10 Å². The zero-order valence-electron chi connectivity index (χ0n) is 10.8. The van der Waals surface area contributed by atoms with E-state index in [4.69, 9.17) is 9.47 Å². The van der Waals surface area contributed by atoms with Crippen molar-refractivity contribution in [3.63, 3.8) is 0 Å². The Morgan fingerprint density at radius 1 is 1.39 bits per heavy atom. The highest BCUT2D eigenvalue weighted by atomic mass is 19.1. The molecule has 1 aromatic rings. The van der Waals surface area contributed by atoms with Crippen LogP contribution in [0.1, 0.15) is 5.56 Å². The number of hydrogen-bond acceptors (Lipinski definition) is 4. The molecule has 0 heterocycles. The second-order valence-corrected chi connectivity index (χ2v) is 4.07. The van der Waals surface area contributed by atoms with Crippen LogP contribution in [-0.4, -0.2) is 44.7 Å². The number of methoxy groups -OCH3 is 1. The molecule has 1 unspecified atom stereocenters. The first-order chi connectivity index (χ1) is 8.63. The Kier molecular flexibility index (Phi) is 6.64. The number of benzene rings is 1. The van der Waals surface area contributed by atoms with Crippen molar-refractivity contribution in [3.8, 4) is 0 Å². The molecule has 102 valence electrons. The Morgan fingerprint density at radius 2 is 2.17 bits per heavy atom. The van der Waals surface area contributed by atoms with E-state index in [-0.39, 0.29) is 12.4 Å². The minimum absolute atomic E-state index is 0.227. The van der Waals surface area contributed by atoms with Gasteiger partial charge in [0, 0.05) is 19.3 Å². The van der Waals surface area contributed by atoms with Crippen molar-refractivity contribution in [1.82, 2.24) is 0 Å². The van der Waals surface area contributed by atoms with Crippen LogP contribution in [0, 0.1) is 12.7 Å². The topological polar surface area (TPSA) is 50.7 Å². The molecule has 0 aliphatic carbocycles. The van der Waals surface area contributed by atoms with Crippen LogP contribution >= 0.6 is 0 Å². The molecule has 0 aliphatic heterocycles. The van der Waals surface area contributed by atoms with E-state index >= 15 is 0 Å². The Hall–Kier alpha value is -1.17. The van der Waals surface area contributed by atoms with E-state index in [9.17, 15) is 9.50 Å². The highest BCUT2D eigenvalue weighted by Gasteiger charge is 2.05. The summed E-state index contributed by atoms with van der Waals surface area (Å²) in [7, 11) is 1.59. The minimum atomic E-state index is -0.633. The summed E-state index contributed by atoms with van der Waals surface area (Å²) in [6.45, 7) is 3.20. The van der Waals surface area contributed by atoms with Crippen molar-refractivity contribution in [2.75, 3.05) is 38.8 Å². The Morgan fingerprint density at radius 3 is 2.83 bits per heavy atom. The molecule has 0 aliphatic rings. The van der Waals surface area contributed by atoms with Crippen LogP contribution in [-0.2, 0) is 9.47 Å². The monoisotopic (exact) mass is 257 g/mol. The smallest absolute Gasteiger partial charge is 0.128 e. The Labute approximate surface area is 107 Å². The van der Waals surface area contributed by atoms with E-state index in [0.717, 1.165) is 0 Å². The first-order valence-electron chi connectivity index (χ1n) is 5.88. The van der Waals surface area contributed by atoms with Gasteiger partial charge < -0.3 is 19.9 Å². The molecule has 0 fully saturated rings. The number of aryl methyl sites for hydroxylation is 1. The third-order valence-corrected chi connectivity index (χ3v) is 2.46. The average Bonchev–Trinajstić information content (AvgIpc) is 2.36. The number of aliphatic hydroxyl groups excluding tert-OH is 1. The Bertz CT molecular complexity index is 360. The summed E-state index contributed by atoms with van der Waals surface area (Å²) in [5, 5.41) is 12.6. The summed E-state index contributed by atoms with van der Waals surface area (Å²) in [4.78, 5) is 0. The van der Waals surface area contributed by atoms with Gasteiger partial charge in [0.25, 0.3) is 0 Å². The molecule has 4 nitrogen and oxygen atoms in total. The van der Waals surface area contributed by atoms with Gasteiger partial charge in [-0.2, -0.15) is 0 Å². The fourth-order valence-electron chi connectivity index (χ4n) is 1.36. The second-order valence-electron chi connectivity index (χ2n) is 4.07. The number of nitrogens with one attached hydrogen (secondary N) is 1. The fourth-order valence-corrected chi connectivity index (χ4v) is 1.36.